The third kappa shape index (κ3) is 5.44. The fourth-order valence-electron chi connectivity index (χ4n) is 4.16. The highest BCUT2D eigenvalue weighted by Crippen LogP contribution is 2.25. The van der Waals surface area contributed by atoms with E-state index in [2.05, 4.69) is 10.4 Å². The molecule has 3 heterocycles. The van der Waals surface area contributed by atoms with E-state index < -0.39 is 0 Å². The molecule has 4 rings (SSSR count). The van der Waals surface area contributed by atoms with E-state index in [-0.39, 0.29) is 30.0 Å². The second-order valence-electron chi connectivity index (χ2n) is 8.94. The van der Waals surface area contributed by atoms with Gasteiger partial charge in [-0.25, -0.2) is 0 Å². The number of hydrogen-bond donors (Lipinski definition) is 1. The molecule has 10 heteroatoms. The number of hydrogen-bond acceptors (Lipinski definition) is 6. The van der Waals surface area contributed by atoms with Crippen LogP contribution in [0.25, 0.3) is 16.9 Å². The standard InChI is InChI=1S/C25H32N6O4/c1-18(2)30-15-20(23-21(16-30)25(34)31(27-23)19-7-5-4-6-8-19)24(33)29-12-10-28(11-13-29)17-22(32)26-9-14-35-3/h4-8,15-16,18H,9-14,17H2,1-3H3,(H,26,32). The molecule has 0 bridgehead atoms. The van der Waals surface area contributed by atoms with Crippen molar-refractivity contribution in [3.63, 3.8) is 0 Å². The first-order valence-electron chi connectivity index (χ1n) is 11.9. The summed E-state index contributed by atoms with van der Waals surface area (Å²) >= 11 is 0. The molecule has 186 valence electrons. The Hall–Kier alpha value is -3.50. The molecule has 1 aromatic carbocycles. The van der Waals surface area contributed by atoms with Gasteiger partial charge < -0.3 is 19.5 Å². The average Bonchev–Trinajstić information content (AvgIpc) is 3.20. The fraction of sp³-hybridized carbons (Fsp3) is 0.440. The molecule has 1 saturated heterocycles. The number of ether oxygens (including phenoxy) is 1. The van der Waals surface area contributed by atoms with Crippen LogP contribution in [-0.2, 0) is 9.53 Å². The van der Waals surface area contributed by atoms with Crippen molar-refractivity contribution in [2.45, 2.75) is 19.9 Å². The van der Waals surface area contributed by atoms with Gasteiger partial charge in [-0.15, -0.1) is 0 Å². The molecule has 0 aliphatic carbocycles. The lowest BCUT2D eigenvalue weighted by atomic mass is 10.1. The summed E-state index contributed by atoms with van der Waals surface area (Å²) < 4.78 is 8.19. The van der Waals surface area contributed by atoms with E-state index in [4.69, 9.17) is 4.74 Å². The number of nitrogens with zero attached hydrogens (tertiary/aromatic N) is 5. The number of nitrogens with one attached hydrogen (secondary N) is 1. The van der Waals surface area contributed by atoms with Crippen LogP contribution in [0, 0.1) is 0 Å². The van der Waals surface area contributed by atoms with E-state index in [0.29, 0.717) is 61.8 Å². The molecular weight excluding hydrogens is 448 g/mol. The summed E-state index contributed by atoms with van der Waals surface area (Å²) in [5.74, 6) is -0.217. The summed E-state index contributed by atoms with van der Waals surface area (Å²) in [6.45, 7) is 7.41. The zero-order valence-corrected chi connectivity index (χ0v) is 20.4. The number of piperazine rings is 1. The van der Waals surface area contributed by atoms with E-state index in [0.717, 1.165) is 0 Å². The lowest BCUT2D eigenvalue weighted by Crippen LogP contribution is -2.51. The van der Waals surface area contributed by atoms with Crippen molar-refractivity contribution in [1.82, 2.24) is 29.5 Å². The molecule has 1 fully saturated rings. The predicted molar refractivity (Wildman–Crippen MR) is 132 cm³/mol. The lowest BCUT2D eigenvalue weighted by Gasteiger charge is -2.34. The Bertz CT molecular complexity index is 1190. The first kappa shape index (κ1) is 24.6. The van der Waals surface area contributed by atoms with E-state index in [1.807, 2.05) is 53.6 Å². The minimum Gasteiger partial charge on any atom is -0.383 e. The van der Waals surface area contributed by atoms with Crippen LogP contribution < -0.4 is 10.9 Å². The van der Waals surface area contributed by atoms with Gasteiger partial charge in [0.05, 0.1) is 30.0 Å². The van der Waals surface area contributed by atoms with Gasteiger partial charge >= 0.3 is 0 Å². The number of fused-ring (bicyclic) bond motifs is 1. The Kier molecular flexibility index (Phi) is 7.62. The highest BCUT2D eigenvalue weighted by molar-refractivity contribution is 6.00. The maximum atomic E-state index is 13.6. The summed E-state index contributed by atoms with van der Waals surface area (Å²) in [7, 11) is 1.59. The van der Waals surface area contributed by atoms with Gasteiger partial charge in [-0.2, -0.15) is 9.78 Å². The molecular formula is C25H32N6O4. The summed E-state index contributed by atoms with van der Waals surface area (Å²) in [6, 6.07) is 9.27. The van der Waals surface area contributed by atoms with Gasteiger partial charge in [0.2, 0.25) is 5.91 Å². The molecule has 0 unspecified atom stereocenters. The van der Waals surface area contributed by atoms with E-state index >= 15 is 0 Å². The van der Waals surface area contributed by atoms with Gasteiger partial charge in [0, 0.05) is 58.3 Å². The Balaban J connectivity index is 1.55. The van der Waals surface area contributed by atoms with Gasteiger partial charge in [-0.05, 0) is 26.0 Å². The van der Waals surface area contributed by atoms with Gasteiger partial charge in [0.15, 0.2) is 0 Å². The van der Waals surface area contributed by atoms with Crippen LogP contribution >= 0.6 is 0 Å². The molecule has 0 radical (unpaired) electrons. The zero-order valence-electron chi connectivity index (χ0n) is 20.4. The van der Waals surface area contributed by atoms with Gasteiger partial charge in [-0.3, -0.25) is 19.3 Å². The molecule has 0 spiro atoms. The summed E-state index contributed by atoms with van der Waals surface area (Å²) in [5, 5.41) is 7.38. The maximum absolute atomic E-state index is 13.6. The van der Waals surface area contributed by atoms with Crippen LogP contribution in [0.2, 0.25) is 0 Å². The van der Waals surface area contributed by atoms with Crippen molar-refractivity contribution < 1.29 is 14.3 Å². The number of aromatic nitrogens is 3. The highest BCUT2D eigenvalue weighted by atomic mass is 16.5. The Morgan fingerprint density at radius 1 is 1.09 bits per heavy atom. The molecule has 2 amide bonds. The Morgan fingerprint density at radius 2 is 1.80 bits per heavy atom. The second-order valence-corrected chi connectivity index (χ2v) is 8.94. The number of rotatable bonds is 8. The molecule has 1 aromatic rings. The minimum absolute atomic E-state index is 0.0565. The zero-order chi connectivity index (χ0) is 24.9. The smallest absolute Gasteiger partial charge is 0.282 e. The first-order valence-corrected chi connectivity index (χ1v) is 11.9. The van der Waals surface area contributed by atoms with Crippen LogP contribution in [0.5, 0.6) is 0 Å². The van der Waals surface area contributed by atoms with E-state index in [1.54, 1.807) is 24.4 Å². The van der Waals surface area contributed by atoms with E-state index in [1.165, 1.54) is 4.68 Å². The van der Waals surface area contributed by atoms with E-state index in [9.17, 15) is 14.4 Å². The Morgan fingerprint density at radius 3 is 2.46 bits per heavy atom. The Labute approximate surface area is 204 Å². The molecule has 1 N–H and O–H groups in total. The SMILES string of the molecule is COCCNC(=O)CN1CCN(C(=O)c2cn(C(C)C)cc3c(=O)n(-c4ccccc4)nc2-3)CC1. The first-order chi connectivity index (χ1) is 16.9. The molecule has 10 nitrogen and oxygen atoms in total. The summed E-state index contributed by atoms with van der Waals surface area (Å²) in [4.78, 5) is 42.7. The highest BCUT2D eigenvalue weighted by Gasteiger charge is 2.29. The monoisotopic (exact) mass is 480 g/mol. The number of amides is 2. The van der Waals surface area contributed by atoms with Crippen molar-refractivity contribution in [2.75, 3.05) is 53.0 Å². The molecule has 0 atom stereocenters. The molecule has 3 aliphatic heterocycles. The molecule has 0 saturated carbocycles. The van der Waals surface area contributed by atoms with Crippen molar-refractivity contribution in [1.29, 1.82) is 0 Å². The number of pyridine rings is 1. The number of carbonyl (C=O) groups excluding carboxylic acids is 2. The van der Waals surface area contributed by atoms with Crippen LogP contribution in [0.1, 0.15) is 30.2 Å². The average molecular weight is 481 g/mol. The van der Waals surface area contributed by atoms with Crippen LogP contribution in [0.15, 0.2) is 47.5 Å². The van der Waals surface area contributed by atoms with Crippen LogP contribution in [-0.4, -0.2) is 88.9 Å². The quantitative estimate of drug-likeness (QED) is 0.487. The third-order valence-electron chi connectivity index (χ3n) is 6.17. The van der Waals surface area contributed by atoms with Crippen LogP contribution in [0.3, 0.4) is 0 Å². The molecule has 35 heavy (non-hydrogen) atoms. The largest absolute Gasteiger partial charge is 0.383 e. The van der Waals surface area contributed by atoms with Crippen molar-refractivity contribution in [3.8, 4) is 16.9 Å². The number of para-hydroxylation sites is 1. The minimum atomic E-state index is -0.250. The number of methoxy groups -OCH3 is 1. The van der Waals surface area contributed by atoms with Gasteiger partial charge in [0.25, 0.3) is 11.5 Å². The van der Waals surface area contributed by atoms with Crippen LogP contribution in [0.4, 0.5) is 0 Å². The lowest BCUT2D eigenvalue weighted by molar-refractivity contribution is -0.122. The fourth-order valence-corrected chi connectivity index (χ4v) is 4.16. The molecule has 0 aromatic heterocycles. The van der Waals surface area contributed by atoms with Gasteiger partial charge in [0.1, 0.15) is 5.69 Å². The third-order valence-corrected chi connectivity index (χ3v) is 6.17. The van der Waals surface area contributed by atoms with Crippen molar-refractivity contribution in [2.24, 2.45) is 0 Å². The summed E-state index contributed by atoms with van der Waals surface area (Å²) in [6.07, 6.45) is 3.55. The molecule has 3 aliphatic rings. The van der Waals surface area contributed by atoms with Gasteiger partial charge in [-0.1, -0.05) is 18.2 Å². The van der Waals surface area contributed by atoms with Crippen molar-refractivity contribution >= 4 is 11.8 Å². The maximum Gasteiger partial charge on any atom is 0.282 e. The number of benzene rings is 1. The summed E-state index contributed by atoms with van der Waals surface area (Å²) in [5.41, 5.74) is 1.63. The second kappa shape index (κ2) is 10.8. The topological polar surface area (TPSA) is 102 Å². The number of carbonyl (C=O) groups is 2. The van der Waals surface area contributed by atoms with Crippen molar-refractivity contribution in [3.05, 3.63) is 58.6 Å². The normalized spacial score (nSPS) is 14.6. The predicted octanol–water partition coefficient (Wildman–Crippen LogP) is 1.24.